The van der Waals surface area contributed by atoms with Crippen LogP contribution in [0.1, 0.15) is 15.9 Å². The molecule has 7 nitrogen and oxygen atoms in total. The maximum absolute atomic E-state index is 12.7. The molecular weight excluding hydrogens is 364 g/mol. The van der Waals surface area contributed by atoms with Gasteiger partial charge in [0.15, 0.2) is 0 Å². The summed E-state index contributed by atoms with van der Waals surface area (Å²) in [4.78, 5) is 29.8. The van der Waals surface area contributed by atoms with Crippen LogP contribution in [0.4, 0.5) is 11.8 Å². The lowest BCUT2D eigenvalue weighted by Crippen LogP contribution is -2.49. The Bertz CT molecular complexity index is 909. The van der Waals surface area contributed by atoms with Crippen LogP contribution in [0.3, 0.4) is 0 Å². The van der Waals surface area contributed by atoms with E-state index in [9.17, 15) is 4.79 Å². The number of aromatic nitrogens is 3. The van der Waals surface area contributed by atoms with Crippen LogP contribution in [0.25, 0.3) is 0 Å². The molecule has 4 rings (SSSR count). The first kappa shape index (κ1) is 18.9. The van der Waals surface area contributed by atoms with Crippen LogP contribution in [0.15, 0.2) is 67.1 Å². The van der Waals surface area contributed by atoms with Gasteiger partial charge in [0.25, 0.3) is 5.91 Å². The highest BCUT2D eigenvalue weighted by atomic mass is 16.2. The molecular formula is C22H24N6O. The van der Waals surface area contributed by atoms with E-state index >= 15 is 0 Å². The van der Waals surface area contributed by atoms with E-state index < -0.39 is 0 Å². The summed E-state index contributed by atoms with van der Waals surface area (Å²) in [6, 6.07) is 16.1. The number of nitrogens with one attached hydrogen (secondary N) is 1. The van der Waals surface area contributed by atoms with Crippen LogP contribution in [0.2, 0.25) is 0 Å². The molecule has 148 valence electrons. The highest BCUT2D eigenvalue weighted by Crippen LogP contribution is 2.14. The maximum atomic E-state index is 12.7. The molecule has 0 aliphatic carbocycles. The number of amides is 1. The van der Waals surface area contributed by atoms with Crippen molar-refractivity contribution in [2.75, 3.05) is 42.9 Å². The summed E-state index contributed by atoms with van der Waals surface area (Å²) in [5, 5.41) is 3.20. The van der Waals surface area contributed by atoms with Crippen molar-refractivity contribution in [1.29, 1.82) is 0 Å². The summed E-state index contributed by atoms with van der Waals surface area (Å²) in [6.07, 6.45) is 5.89. The molecule has 1 saturated heterocycles. The molecule has 3 aromatic rings. The molecule has 1 aliphatic rings. The monoisotopic (exact) mass is 388 g/mol. The van der Waals surface area contributed by atoms with Crippen molar-refractivity contribution < 1.29 is 4.79 Å². The van der Waals surface area contributed by atoms with Crippen LogP contribution in [-0.2, 0) is 6.42 Å². The normalized spacial score (nSPS) is 13.9. The predicted octanol–water partition coefficient (Wildman–Crippen LogP) is 2.49. The van der Waals surface area contributed by atoms with Gasteiger partial charge in [0.1, 0.15) is 5.82 Å². The van der Waals surface area contributed by atoms with Gasteiger partial charge in [-0.1, -0.05) is 36.4 Å². The number of hydrogen-bond acceptors (Lipinski definition) is 6. The average Bonchev–Trinajstić information content (AvgIpc) is 2.80. The number of pyridine rings is 1. The van der Waals surface area contributed by atoms with Crippen molar-refractivity contribution >= 4 is 17.7 Å². The van der Waals surface area contributed by atoms with Gasteiger partial charge in [-0.25, -0.2) is 15.0 Å². The van der Waals surface area contributed by atoms with Gasteiger partial charge in [-0.2, -0.15) is 0 Å². The third kappa shape index (κ3) is 4.87. The van der Waals surface area contributed by atoms with E-state index in [4.69, 9.17) is 0 Å². The first-order valence-electron chi connectivity index (χ1n) is 9.85. The van der Waals surface area contributed by atoms with E-state index in [1.165, 1.54) is 5.56 Å². The summed E-state index contributed by atoms with van der Waals surface area (Å²) in [7, 11) is 0. The number of benzene rings is 1. The van der Waals surface area contributed by atoms with Crippen LogP contribution in [0.5, 0.6) is 0 Å². The van der Waals surface area contributed by atoms with Crippen LogP contribution < -0.4 is 10.2 Å². The lowest BCUT2D eigenvalue weighted by molar-refractivity contribution is 0.0745. The average molecular weight is 388 g/mol. The maximum Gasteiger partial charge on any atom is 0.257 e. The second kappa shape index (κ2) is 9.14. The molecule has 2 aromatic heterocycles. The molecule has 29 heavy (non-hydrogen) atoms. The molecule has 1 aliphatic heterocycles. The highest BCUT2D eigenvalue weighted by molar-refractivity contribution is 5.93. The SMILES string of the molecule is O=C(c1cnc(NCCc2ccccc2)nc1)N1CCN(c2ccccn2)CC1. The molecule has 0 bridgehead atoms. The fraction of sp³-hybridized carbons (Fsp3) is 0.273. The lowest BCUT2D eigenvalue weighted by atomic mass is 10.1. The molecule has 1 amide bonds. The van der Waals surface area contributed by atoms with Crippen molar-refractivity contribution in [3.8, 4) is 0 Å². The van der Waals surface area contributed by atoms with E-state index in [0.717, 1.165) is 31.9 Å². The van der Waals surface area contributed by atoms with E-state index in [1.807, 2.05) is 41.3 Å². The molecule has 0 radical (unpaired) electrons. The van der Waals surface area contributed by atoms with Crippen molar-refractivity contribution in [1.82, 2.24) is 19.9 Å². The molecule has 1 aromatic carbocycles. The van der Waals surface area contributed by atoms with E-state index in [1.54, 1.807) is 18.6 Å². The fourth-order valence-corrected chi connectivity index (χ4v) is 3.36. The summed E-state index contributed by atoms with van der Waals surface area (Å²) in [5.41, 5.74) is 1.78. The molecule has 0 unspecified atom stereocenters. The Labute approximate surface area is 170 Å². The molecule has 0 saturated carbocycles. The summed E-state index contributed by atoms with van der Waals surface area (Å²) < 4.78 is 0. The van der Waals surface area contributed by atoms with Gasteiger partial charge in [-0.05, 0) is 24.1 Å². The second-order valence-corrected chi connectivity index (χ2v) is 6.92. The Balaban J connectivity index is 1.27. The summed E-state index contributed by atoms with van der Waals surface area (Å²) >= 11 is 0. The van der Waals surface area contributed by atoms with Gasteiger partial charge < -0.3 is 15.1 Å². The Morgan fingerprint density at radius 1 is 0.897 bits per heavy atom. The quantitative estimate of drug-likeness (QED) is 0.699. The number of anilines is 2. The second-order valence-electron chi connectivity index (χ2n) is 6.92. The van der Waals surface area contributed by atoms with E-state index in [0.29, 0.717) is 24.6 Å². The molecule has 0 atom stereocenters. The number of carbonyl (C=O) groups is 1. The smallest absolute Gasteiger partial charge is 0.257 e. The van der Waals surface area contributed by atoms with Gasteiger partial charge >= 0.3 is 0 Å². The van der Waals surface area contributed by atoms with Crippen molar-refractivity contribution in [3.05, 3.63) is 78.2 Å². The Hall–Kier alpha value is -3.48. The number of carbonyl (C=O) groups excluding carboxylic acids is 1. The Morgan fingerprint density at radius 2 is 1.62 bits per heavy atom. The summed E-state index contributed by atoms with van der Waals surface area (Å²) in [6.45, 7) is 3.59. The molecule has 3 heterocycles. The molecule has 1 fully saturated rings. The van der Waals surface area contributed by atoms with Crippen LogP contribution in [0, 0.1) is 0 Å². The summed E-state index contributed by atoms with van der Waals surface area (Å²) in [5.74, 6) is 1.47. The first-order valence-corrected chi connectivity index (χ1v) is 9.85. The lowest BCUT2D eigenvalue weighted by Gasteiger charge is -2.35. The largest absolute Gasteiger partial charge is 0.354 e. The topological polar surface area (TPSA) is 74.2 Å². The van der Waals surface area contributed by atoms with Gasteiger partial charge in [0, 0.05) is 51.3 Å². The number of rotatable bonds is 6. The molecule has 0 spiro atoms. The number of nitrogens with zero attached hydrogens (tertiary/aromatic N) is 5. The van der Waals surface area contributed by atoms with Gasteiger partial charge in [0.2, 0.25) is 5.95 Å². The molecule has 1 N–H and O–H groups in total. The van der Waals surface area contributed by atoms with Crippen molar-refractivity contribution in [2.45, 2.75) is 6.42 Å². The Kier molecular flexibility index (Phi) is 5.95. The minimum Gasteiger partial charge on any atom is -0.354 e. The predicted molar refractivity (Wildman–Crippen MR) is 113 cm³/mol. The van der Waals surface area contributed by atoms with Gasteiger partial charge in [-0.15, -0.1) is 0 Å². The standard InChI is InChI=1S/C22H24N6O/c29-21(28-14-12-27(13-15-28)20-8-4-5-10-23-20)19-16-25-22(26-17-19)24-11-9-18-6-2-1-3-7-18/h1-8,10,16-17H,9,11-15H2,(H,24,25,26). The van der Waals surface area contributed by atoms with Gasteiger partial charge in [-0.3, -0.25) is 4.79 Å². The third-order valence-electron chi connectivity index (χ3n) is 4.98. The molecule has 7 heteroatoms. The highest BCUT2D eigenvalue weighted by Gasteiger charge is 2.23. The zero-order chi connectivity index (χ0) is 19.9. The zero-order valence-electron chi connectivity index (χ0n) is 16.2. The number of piperazine rings is 1. The minimum absolute atomic E-state index is 0.0264. The zero-order valence-corrected chi connectivity index (χ0v) is 16.2. The van der Waals surface area contributed by atoms with Crippen molar-refractivity contribution in [2.24, 2.45) is 0 Å². The third-order valence-corrected chi connectivity index (χ3v) is 4.98. The number of hydrogen-bond donors (Lipinski definition) is 1. The fourth-order valence-electron chi connectivity index (χ4n) is 3.36. The first-order chi connectivity index (χ1) is 14.3. The van der Waals surface area contributed by atoms with E-state index in [2.05, 4.69) is 37.3 Å². The van der Waals surface area contributed by atoms with Crippen LogP contribution in [-0.4, -0.2) is 58.5 Å². The minimum atomic E-state index is -0.0264. The van der Waals surface area contributed by atoms with E-state index in [-0.39, 0.29) is 5.91 Å². The van der Waals surface area contributed by atoms with Gasteiger partial charge in [0.05, 0.1) is 5.56 Å². The Morgan fingerprint density at radius 3 is 2.31 bits per heavy atom. The van der Waals surface area contributed by atoms with Crippen LogP contribution >= 0.6 is 0 Å². The van der Waals surface area contributed by atoms with Crippen molar-refractivity contribution in [3.63, 3.8) is 0 Å².